The van der Waals surface area contributed by atoms with E-state index < -0.39 is 5.97 Å². The third kappa shape index (κ3) is 4.16. The minimum atomic E-state index is -0.672. The molecule has 19 heavy (non-hydrogen) atoms. The first-order chi connectivity index (χ1) is 9.20. The minimum absolute atomic E-state index is 0.299. The van der Waals surface area contributed by atoms with Gasteiger partial charge in [-0.05, 0) is 31.7 Å². The Hall–Kier alpha value is -0.650. The van der Waals surface area contributed by atoms with Gasteiger partial charge in [-0.25, -0.2) is 0 Å². The number of hydrogen-bond acceptors (Lipinski definition) is 4. The van der Waals surface area contributed by atoms with Gasteiger partial charge in [0.05, 0.1) is 13.2 Å². The summed E-state index contributed by atoms with van der Waals surface area (Å²) in [4.78, 5) is 15.9. The number of carbonyl (C=O) groups is 1. The molecule has 110 valence electrons. The predicted octanol–water partition coefficient (Wildman–Crippen LogP) is 0.894. The molecule has 2 unspecified atom stereocenters. The smallest absolute Gasteiger partial charge is 0.320 e. The molecule has 0 aliphatic carbocycles. The molecule has 2 saturated heterocycles. The lowest BCUT2D eigenvalue weighted by molar-refractivity contribution is -0.144. The maximum Gasteiger partial charge on any atom is 0.320 e. The monoisotopic (exact) mass is 270 g/mol. The van der Waals surface area contributed by atoms with Crippen LogP contribution in [0.3, 0.4) is 0 Å². The second-order valence-electron chi connectivity index (χ2n) is 5.68. The van der Waals surface area contributed by atoms with Crippen molar-refractivity contribution < 1.29 is 14.6 Å². The van der Waals surface area contributed by atoms with Crippen LogP contribution in [0, 0.1) is 5.92 Å². The predicted molar refractivity (Wildman–Crippen MR) is 73.3 cm³/mol. The molecule has 2 aliphatic rings. The zero-order valence-electron chi connectivity index (χ0n) is 11.9. The number of carboxylic acids is 1. The average Bonchev–Trinajstić information content (AvgIpc) is 2.41. The van der Waals surface area contributed by atoms with Gasteiger partial charge in [-0.3, -0.25) is 14.6 Å². The Morgan fingerprint density at radius 3 is 2.74 bits per heavy atom. The Labute approximate surface area is 115 Å². The largest absolute Gasteiger partial charge is 0.480 e. The van der Waals surface area contributed by atoms with Crippen molar-refractivity contribution in [1.29, 1.82) is 0 Å². The van der Waals surface area contributed by atoms with Crippen LogP contribution in [0.25, 0.3) is 0 Å². The molecule has 5 heteroatoms. The van der Waals surface area contributed by atoms with E-state index in [0.717, 1.165) is 52.4 Å². The Bertz CT molecular complexity index is 292. The van der Waals surface area contributed by atoms with E-state index in [2.05, 4.69) is 9.80 Å². The van der Waals surface area contributed by atoms with Gasteiger partial charge in [0.2, 0.25) is 0 Å². The van der Waals surface area contributed by atoms with Crippen molar-refractivity contribution in [3.8, 4) is 0 Å². The van der Waals surface area contributed by atoms with E-state index >= 15 is 0 Å². The molecule has 0 spiro atoms. The summed E-state index contributed by atoms with van der Waals surface area (Å²) in [5, 5.41) is 9.26. The van der Waals surface area contributed by atoms with Crippen molar-refractivity contribution in [2.45, 2.75) is 32.2 Å². The molecule has 2 aliphatic heterocycles. The molecule has 0 aromatic carbocycles. The second kappa shape index (κ2) is 7.22. The molecule has 0 aromatic rings. The van der Waals surface area contributed by atoms with Crippen molar-refractivity contribution in [1.82, 2.24) is 9.80 Å². The van der Waals surface area contributed by atoms with Crippen LogP contribution in [-0.4, -0.2) is 72.9 Å². The first-order valence-corrected chi connectivity index (χ1v) is 7.47. The molecule has 2 rings (SSSR count). The van der Waals surface area contributed by atoms with Gasteiger partial charge in [-0.15, -0.1) is 0 Å². The SMILES string of the molecule is CCC(C(=O)O)N1CCCC(CN2CCOCC2)C1. The number of morpholine rings is 1. The maximum atomic E-state index is 11.3. The molecule has 2 heterocycles. The van der Waals surface area contributed by atoms with E-state index in [0.29, 0.717) is 12.3 Å². The minimum Gasteiger partial charge on any atom is -0.480 e. The van der Waals surface area contributed by atoms with Crippen LogP contribution < -0.4 is 0 Å². The molecule has 1 N–H and O–H groups in total. The molecular weight excluding hydrogens is 244 g/mol. The highest BCUT2D eigenvalue weighted by Crippen LogP contribution is 2.21. The fraction of sp³-hybridized carbons (Fsp3) is 0.929. The van der Waals surface area contributed by atoms with Gasteiger partial charge in [-0.2, -0.15) is 0 Å². The molecule has 0 aromatic heterocycles. The van der Waals surface area contributed by atoms with Gasteiger partial charge in [-0.1, -0.05) is 6.92 Å². The average molecular weight is 270 g/mol. The Kier molecular flexibility index (Phi) is 5.60. The molecule has 0 amide bonds. The van der Waals surface area contributed by atoms with Crippen molar-refractivity contribution in [3.05, 3.63) is 0 Å². The van der Waals surface area contributed by atoms with E-state index in [1.165, 1.54) is 6.42 Å². The molecule has 2 fully saturated rings. The third-order valence-electron chi connectivity index (χ3n) is 4.28. The number of nitrogens with zero attached hydrogens (tertiary/aromatic N) is 2. The summed E-state index contributed by atoms with van der Waals surface area (Å²) in [6, 6.07) is -0.299. The van der Waals surface area contributed by atoms with Crippen molar-refractivity contribution in [2.24, 2.45) is 5.92 Å². The summed E-state index contributed by atoms with van der Waals surface area (Å²) in [5.41, 5.74) is 0. The third-order valence-corrected chi connectivity index (χ3v) is 4.28. The molecule has 0 bridgehead atoms. The van der Waals surface area contributed by atoms with Crippen LogP contribution in [0.4, 0.5) is 0 Å². The molecule has 0 radical (unpaired) electrons. The van der Waals surface area contributed by atoms with E-state index in [4.69, 9.17) is 4.74 Å². The lowest BCUT2D eigenvalue weighted by Gasteiger charge is -2.38. The fourth-order valence-corrected chi connectivity index (χ4v) is 3.27. The van der Waals surface area contributed by atoms with Crippen LogP contribution in [0.5, 0.6) is 0 Å². The summed E-state index contributed by atoms with van der Waals surface area (Å²) >= 11 is 0. The standard InChI is InChI=1S/C14H26N2O3/c1-2-13(14(17)18)16-5-3-4-12(11-16)10-15-6-8-19-9-7-15/h12-13H,2-11H2,1H3,(H,17,18). The highest BCUT2D eigenvalue weighted by molar-refractivity contribution is 5.73. The van der Waals surface area contributed by atoms with Crippen LogP contribution in [0.2, 0.25) is 0 Å². The van der Waals surface area contributed by atoms with Crippen LogP contribution in [-0.2, 0) is 9.53 Å². The number of piperidine rings is 1. The first kappa shape index (κ1) is 14.8. The van der Waals surface area contributed by atoms with Gasteiger partial charge in [0.15, 0.2) is 0 Å². The molecule has 2 atom stereocenters. The van der Waals surface area contributed by atoms with E-state index in [-0.39, 0.29) is 6.04 Å². The number of likely N-dealkylation sites (tertiary alicyclic amines) is 1. The highest BCUT2D eigenvalue weighted by Gasteiger charge is 2.30. The highest BCUT2D eigenvalue weighted by atomic mass is 16.5. The zero-order valence-corrected chi connectivity index (χ0v) is 11.9. The molecule has 5 nitrogen and oxygen atoms in total. The fourth-order valence-electron chi connectivity index (χ4n) is 3.27. The number of rotatable bonds is 5. The van der Waals surface area contributed by atoms with Crippen molar-refractivity contribution in [3.63, 3.8) is 0 Å². The maximum absolute atomic E-state index is 11.3. The van der Waals surface area contributed by atoms with Gasteiger partial charge in [0.25, 0.3) is 0 Å². The van der Waals surface area contributed by atoms with Crippen molar-refractivity contribution >= 4 is 5.97 Å². The van der Waals surface area contributed by atoms with Gasteiger partial charge in [0.1, 0.15) is 6.04 Å². The van der Waals surface area contributed by atoms with Crippen LogP contribution in [0.15, 0.2) is 0 Å². The van der Waals surface area contributed by atoms with E-state index in [9.17, 15) is 9.90 Å². The lowest BCUT2D eigenvalue weighted by Crippen LogP contribution is -2.49. The van der Waals surface area contributed by atoms with Crippen LogP contribution in [0.1, 0.15) is 26.2 Å². The van der Waals surface area contributed by atoms with Gasteiger partial charge in [0, 0.05) is 26.2 Å². The quantitative estimate of drug-likeness (QED) is 0.804. The summed E-state index contributed by atoms with van der Waals surface area (Å²) in [6.07, 6.45) is 3.04. The van der Waals surface area contributed by atoms with Gasteiger partial charge >= 0.3 is 5.97 Å². The topological polar surface area (TPSA) is 53.0 Å². The number of ether oxygens (including phenoxy) is 1. The molecular formula is C14H26N2O3. The number of aliphatic carboxylic acids is 1. The normalized spacial score (nSPS) is 28.2. The summed E-state index contributed by atoms with van der Waals surface area (Å²) in [7, 11) is 0. The Morgan fingerprint density at radius 1 is 1.37 bits per heavy atom. The van der Waals surface area contributed by atoms with Crippen molar-refractivity contribution in [2.75, 3.05) is 45.9 Å². The summed E-state index contributed by atoms with van der Waals surface area (Å²) < 4.78 is 5.37. The van der Waals surface area contributed by atoms with Gasteiger partial charge < -0.3 is 9.84 Å². The zero-order chi connectivity index (χ0) is 13.7. The number of carboxylic acid groups (broad SMARTS) is 1. The summed E-state index contributed by atoms with van der Waals surface area (Å²) in [6.45, 7) is 8.64. The Morgan fingerprint density at radius 2 is 2.11 bits per heavy atom. The second-order valence-corrected chi connectivity index (χ2v) is 5.68. The molecule has 0 saturated carbocycles. The summed E-state index contributed by atoms with van der Waals surface area (Å²) in [5.74, 6) is -0.0604. The number of hydrogen-bond donors (Lipinski definition) is 1. The Balaban J connectivity index is 1.83. The van der Waals surface area contributed by atoms with E-state index in [1.807, 2.05) is 6.92 Å². The first-order valence-electron chi connectivity index (χ1n) is 7.47. The van der Waals surface area contributed by atoms with E-state index in [1.54, 1.807) is 0 Å². The van der Waals surface area contributed by atoms with Crippen LogP contribution >= 0.6 is 0 Å². The lowest BCUT2D eigenvalue weighted by atomic mass is 9.95.